The van der Waals surface area contributed by atoms with E-state index in [-0.39, 0.29) is 35.3 Å². The van der Waals surface area contributed by atoms with Gasteiger partial charge in [-0.2, -0.15) is 0 Å². The van der Waals surface area contributed by atoms with E-state index in [0.29, 0.717) is 18.7 Å². The van der Waals surface area contributed by atoms with Crippen LogP contribution >= 0.6 is 11.8 Å². The van der Waals surface area contributed by atoms with Crippen LogP contribution in [0.2, 0.25) is 0 Å². The Labute approximate surface area is 245 Å². The molecule has 0 aliphatic carbocycles. The average Bonchev–Trinajstić information content (AvgIpc) is 3.18. The Morgan fingerprint density at radius 3 is 2.60 bits per heavy atom. The number of aromatic nitrogens is 1. The van der Waals surface area contributed by atoms with E-state index < -0.39 is 35.4 Å². The molecule has 10 heteroatoms. The standard InChI is InChI=1S/C32H27F2N3O4S/c1-19(20-7-3-2-4-8-20)41-31-25(38)13-14-36-30(31)32(39)35-15-16-40-17-27(35)37(36)29-21-11-12-24(33)28(34)23(21)18-42-26-10-6-5-9-22(26)29/h2-14,19,27,29H,15-18H2,1H3/t19-,27+,29-/m0/s1. The number of carbonyl (C=O) groups excluding carboxylic acids is 1. The highest BCUT2D eigenvalue weighted by Gasteiger charge is 2.46. The van der Waals surface area contributed by atoms with Crippen LogP contribution in [0.4, 0.5) is 8.78 Å². The van der Waals surface area contributed by atoms with Crippen molar-refractivity contribution in [1.29, 1.82) is 0 Å². The molecule has 1 aromatic heterocycles. The van der Waals surface area contributed by atoms with Gasteiger partial charge in [-0.25, -0.2) is 8.78 Å². The summed E-state index contributed by atoms with van der Waals surface area (Å²) in [6.45, 7) is 2.65. The lowest BCUT2D eigenvalue weighted by atomic mass is 9.93. The van der Waals surface area contributed by atoms with Gasteiger partial charge in [0.2, 0.25) is 5.43 Å². The molecule has 1 saturated heterocycles. The molecule has 1 amide bonds. The summed E-state index contributed by atoms with van der Waals surface area (Å²) in [5.74, 6) is -1.97. The number of hydrogen-bond donors (Lipinski definition) is 0. The lowest BCUT2D eigenvalue weighted by molar-refractivity contribution is -0.0200. The first-order chi connectivity index (χ1) is 20.4. The molecule has 4 aromatic rings. The third-order valence-corrected chi connectivity index (χ3v) is 9.21. The number of carbonyl (C=O) groups is 1. The van der Waals surface area contributed by atoms with Crippen LogP contribution in [-0.2, 0) is 10.5 Å². The summed E-state index contributed by atoms with van der Waals surface area (Å²) in [6, 6.07) is 20.7. The second-order valence-electron chi connectivity index (χ2n) is 10.5. The molecule has 0 bridgehead atoms. The minimum absolute atomic E-state index is 0.0596. The Morgan fingerprint density at radius 1 is 0.976 bits per heavy atom. The number of thioether (sulfide) groups is 1. The van der Waals surface area contributed by atoms with Crippen molar-refractivity contribution in [2.24, 2.45) is 0 Å². The topological polar surface area (TPSA) is 64.0 Å². The van der Waals surface area contributed by atoms with Crippen molar-refractivity contribution >= 4 is 17.7 Å². The smallest absolute Gasteiger partial charge is 0.278 e. The van der Waals surface area contributed by atoms with Gasteiger partial charge in [-0.1, -0.05) is 54.6 Å². The number of benzene rings is 3. The minimum atomic E-state index is -0.912. The summed E-state index contributed by atoms with van der Waals surface area (Å²) < 4.78 is 43.7. The van der Waals surface area contributed by atoms with Crippen molar-refractivity contribution in [1.82, 2.24) is 9.58 Å². The van der Waals surface area contributed by atoms with Crippen LogP contribution in [-0.4, -0.2) is 41.4 Å². The molecule has 7 nitrogen and oxygen atoms in total. The second kappa shape index (κ2) is 10.6. The lowest BCUT2D eigenvalue weighted by Crippen LogP contribution is -2.66. The first-order valence-corrected chi connectivity index (χ1v) is 14.8. The van der Waals surface area contributed by atoms with E-state index in [4.69, 9.17) is 9.47 Å². The number of halogens is 2. The van der Waals surface area contributed by atoms with Gasteiger partial charge < -0.3 is 14.4 Å². The monoisotopic (exact) mass is 587 g/mol. The molecule has 3 aliphatic heterocycles. The van der Waals surface area contributed by atoms with Crippen LogP contribution in [0.5, 0.6) is 5.75 Å². The quantitative estimate of drug-likeness (QED) is 0.318. The third-order valence-electron chi connectivity index (χ3n) is 8.10. The zero-order chi connectivity index (χ0) is 29.0. The van der Waals surface area contributed by atoms with Crippen molar-refractivity contribution in [2.45, 2.75) is 35.9 Å². The molecule has 4 heterocycles. The zero-order valence-corrected chi connectivity index (χ0v) is 23.5. The van der Waals surface area contributed by atoms with Crippen LogP contribution in [0, 0.1) is 11.6 Å². The highest BCUT2D eigenvalue weighted by Crippen LogP contribution is 2.45. The van der Waals surface area contributed by atoms with Crippen molar-refractivity contribution in [3.05, 3.63) is 129 Å². The Hall–Kier alpha value is -4.15. The number of rotatable bonds is 4. The first kappa shape index (κ1) is 26.7. The average molecular weight is 588 g/mol. The number of amides is 1. The van der Waals surface area contributed by atoms with E-state index in [1.54, 1.807) is 21.8 Å². The molecule has 42 heavy (non-hydrogen) atoms. The van der Waals surface area contributed by atoms with Crippen LogP contribution in [0.15, 0.2) is 88.7 Å². The fourth-order valence-corrected chi connectivity index (χ4v) is 7.17. The van der Waals surface area contributed by atoms with Gasteiger partial charge in [0.1, 0.15) is 12.3 Å². The van der Waals surface area contributed by atoms with Gasteiger partial charge in [0.05, 0.1) is 19.3 Å². The molecule has 1 fully saturated rings. The molecule has 0 spiro atoms. The summed E-state index contributed by atoms with van der Waals surface area (Å²) in [6.07, 6.45) is 0.465. The Morgan fingerprint density at radius 2 is 1.76 bits per heavy atom. The largest absolute Gasteiger partial charge is 0.480 e. The molecule has 3 aromatic carbocycles. The van der Waals surface area contributed by atoms with Gasteiger partial charge in [-0.15, -0.1) is 11.8 Å². The van der Waals surface area contributed by atoms with Crippen LogP contribution in [0.1, 0.15) is 51.8 Å². The van der Waals surface area contributed by atoms with Gasteiger partial charge in [-0.05, 0) is 35.7 Å². The maximum Gasteiger partial charge on any atom is 0.278 e. The third kappa shape index (κ3) is 4.28. The summed E-state index contributed by atoms with van der Waals surface area (Å²) in [5, 5.41) is 1.94. The van der Waals surface area contributed by atoms with Crippen molar-refractivity contribution < 1.29 is 23.0 Å². The minimum Gasteiger partial charge on any atom is -0.480 e. The number of hydrogen-bond acceptors (Lipinski definition) is 6. The number of nitrogens with zero attached hydrogens (tertiary/aromatic N) is 3. The normalized spacial score (nSPS) is 20.1. The maximum absolute atomic E-state index is 15.4. The molecule has 7 rings (SSSR count). The van der Waals surface area contributed by atoms with E-state index in [9.17, 15) is 14.0 Å². The number of morpholine rings is 1. The molecular weight excluding hydrogens is 560 g/mol. The SMILES string of the molecule is C[C@H](Oc1c2n(ccc1=O)N([C@@H]1c3ccccc3SCc3c1ccc(F)c3F)[C@@H]1COCCN1C2=O)c1ccccc1. The van der Waals surface area contributed by atoms with Crippen LogP contribution in [0.3, 0.4) is 0 Å². The van der Waals surface area contributed by atoms with Crippen molar-refractivity contribution in [2.75, 3.05) is 24.8 Å². The Balaban J connectivity index is 1.46. The highest BCUT2D eigenvalue weighted by molar-refractivity contribution is 7.98. The van der Waals surface area contributed by atoms with E-state index >= 15 is 4.39 Å². The summed E-state index contributed by atoms with van der Waals surface area (Å²) >= 11 is 1.44. The summed E-state index contributed by atoms with van der Waals surface area (Å²) in [4.78, 5) is 30.0. The number of pyridine rings is 1. The first-order valence-electron chi connectivity index (χ1n) is 13.8. The van der Waals surface area contributed by atoms with Crippen molar-refractivity contribution in [3.8, 4) is 5.75 Å². The van der Waals surface area contributed by atoms with E-state index in [1.165, 1.54) is 17.8 Å². The Kier molecular flexibility index (Phi) is 6.74. The molecule has 0 unspecified atom stereocenters. The molecule has 3 aliphatic rings. The van der Waals surface area contributed by atoms with Gasteiger partial charge in [0.25, 0.3) is 5.91 Å². The van der Waals surface area contributed by atoms with Crippen LogP contribution < -0.4 is 15.2 Å². The second-order valence-corrected chi connectivity index (χ2v) is 11.5. The highest BCUT2D eigenvalue weighted by atomic mass is 32.2. The molecule has 214 valence electrons. The number of fused-ring (bicyclic) bond motifs is 4. The summed E-state index contributed by atoms with van der Waals surface area (Å²) in [7, 11) is 0. The molecule has 0 radical (unpaired) electrons. The maximum atomic E-state index is 15.4. The molecule has 0 saturated carbocycles. The Bertz CT molecular complexity index is 1750. The molecule has 3 atom stereocenters. The molecule has 0 N–H and O–H groups in total. The van der Waals surface area contributed by atoms with E-state index in [2.05, 4.69) is 0 Å². The van der Waals surface area contributed by atoms with Gasteiger partial charge in [-0.3, -0.25) is 19.3 Å². The fourth-order valence-electron chi connectivity index (χ4n) is 6.05. The summed E-state index contributed by atoms with van der Waals surface area (Å²) in [5.41, 5.74) is 2.23. The fraction of sp³-hybridized carbons (Fsp3) is 0.250. The van der Waals surface area contributed by atoms with Crippen LogP contribution in [0.25, 0.3) is 0 Å². The predicted octanol–water partition coefficient (Wildman–Crippen LogP) is 5.41. The predicted molar refractivity (Wildman–Crippen MR) is 154 cm³/mol. The zero-order valence-electron chi connectivity index (χ0n) is 22.7. The van der Waals surface area contributed by atoms with Gasteiger partial charge in [0.15, 0.2) is 23.1 Å². The van der Waals surface area contributed by atoms with Gasteiger partial charge >= 0.3 is 0 Å². The van der Waals surface area contributed by atoms with Crippen molar-refractivity contribution in [3.63, 3.8) is 0 Å². The molecular formula is C32H27F2N3O4S. The van der Waals surface area contributed by atoms with E-state index in [0.717, 1.165) is 22.1 Å². The van der Waals surface area contributed by atoms with Gasteiger partial charge in [0, 0.05) is 35.0 Å². The lowest BCUT2D eigenvalue weighted by Gasteiger charge is -2.51. The van der Waals surface area contributed by atoms with E-state index in [1.807, 2.05) is 66.5 Å². The number of ether oxygens (including phenoxy) is 2.